The van der Waals surface area contributed by atoms with Gasteiger partial charge in [0.15, 0.2) is 0 Å². The standard InChI is InChI=1S/C6H11NO2S/c1-3-6-4-5-7(2)10(6,8)9/h3H,4-5H2,1-2H3/b6-3-. The SMILES string of the molecule is C/C=C1/CCN(C)S1(=O)=O. The third kappa shape index (κ3) is 0.973. The number of sulfonamides is 1. The van der Waals surface area contributed by atoms with Crippen molar-refractivity contribution in [1.82, 2.24) is 4.31 Å². The molecule has 0 amide bonds. The Kier molecular flexibility index (Phi) is 1.83. The second-order valence-electron chi connectivity index (χ2n) is 2.33. The first-order chi connectivity index (χ1) is 4.59. The second kappa shape index (κ2) is 2.36. The van der Waals surface area contributed by atoms with Crippen LogP contribution in [-0.4, -0.2) is 26.3 Å². The summed E-state index contributed by atoms with van der Waals surface area (Å²) in [4.78, 5) is 0.551. The zero-order valence-corrected chi connectivity index (χ0v) is 6.98. The lowest BCUT2D eigenvalue weighted by Gasteiger charge is -2.04. The van der Waals surface area contributed by atoms with Crippen molar-refractivity contribution in [3.05, 3.63) is 11.0 Å². The summed E-state index contributed by atoms with van der Waals surface area (Å²) in [5.74, 6) is 0. The molecule has 1 aliphatic rings. The molecule has 0 aromatic heterocycles. The molecule has 0 spiro atoms. The van der Waals surface area contributed by atoms with Gasteiger partial charge in [-0.25, -0.2) is 12.7 Å². The predicted octanol–water partition coefficient (Wildman–Crippen LogP) is 0.556. The largest absolute Gasteiger partial charge is 0.238 e. The molecular formula is C6H11NO2S. The maximum Gasteiger partial charge on any atom is 0.238 e. The lowest BCUT2D eigenvalue weighted by molar-refractivity contribution is 0.507. The molecule has 58 valence electrons. The van der Waals surface area contributed by atoms with Gasteiger partial charge in [-0.05, 0) is 13.3 Å². The Hall–Kier alpha value is -0.350. The van der Waals surface area contributed by atoms with Crippen LogP contribution in [0.3, 0.4) is 0 Å². The number of hydrogen-bond acceptors (Lipinski definition) is 2. The van der Waals surface area contributed by atoms with E-state index in [-0.39, 0.29) is 0 Å². The fraction of sp³-hybridized carbons (Fsp3) is 0.667. The molecule has 3 nitrogen and oxygen atoms in total. The molecule has 1 fully saturated rings. The summed E-state index contributed by atoms with van der Waals surface area (Å²) in [5, 5.41) is 0. The minimum absolute atomic E-state index is 0.551. The van der Waals surface area contributed by atoms with E-state index in [1.54, 1.807) is 20.0 Å². The highest BCUT2D eigenvalue weighted by atomic mass is 32.2. The number of nitrogens with zero attached hydrogens (tertiary/aromatic N) is 1. The maximum atomic E-state index is 11.2. The molecule has 1 aliphatic heterocycles. The molecule has 10 heavy (non-hydrogen) atoms. The quantitative estimate of drug-likeness (QED) is 0.520. The van der Waals surface area contributed by atoms with Gasteiger partial charge in [0.25, 0.3) is 0 Å². The summed E-state index contributed by atoms with van der Waals surface area (Å²) >= 11 is 0. The Balaban J connectivity index is 3.08. The molecule has 0 atom stereocenters. The molecule has 0 aliphatic carbocycles. The Morgan fingerprint density at radius 2 is 2.20 bits per heavy atom. The fourth-order valence-electron chi connectivity index (χ4n) is 1.01. The summed E-state index contributed by atoms with van der Waals surface area (Å²) in [7, 11) is -1.42. The summed E-state index contributed by atoms with van der Waals surface area (Å²) in [6.45, 7) is 2.38. The van der Waals surface area contributed by atoms with Crippen molar-refractivity contribution in [2.75, 3.05) is 13.6 Å². The molecule has 0 radical (unpaired) electrons. The van der Waals surface area contributed by atoms with Gasteiger partial charge >= 0.3 is 0 Å². The maximum absolute atomic E-state index is 11.2. The molecule has 0 aromatic rings. The summed E-state index contributed by atoms with van der Waals surface area (Å²) in [6.07, 6.45) is 2.33. The number of hydrogen-bond donors (Lipinski definition) is 0. The molecule has 4 heteroatoms. The first kappa shape index (κ1) is 7.75. The monoisotopic (exact) mass is 161 g/mol. The van der Waals surface area contributed by atoms with Crippen LogP contribution in [0, 0.1) is 0 Å². The van der Waals surface area contributed by atoms with Gasteiger partial charge in [0.05, 0.1) is 4.91 Å². The van der Waals surface area contributed by atoms with Crippen LogP contribution in [0.5, 0.6) is 0 Å². The van der Waals surface area contributed by atoms with Gasteiger partial charge in [-0.1, -0.05) is 6.08 Å². The molecule has 0 N–H and O–H groups in total. The van der Waals surface area contributed by atoms with Crippen LogP contribution < -0.4 is 0 Å². The van der Waals surface area contributed by atoms with Gasteiger partial charge in [-0.2, -0.15) is 0 Å². The van der Waals surface area contributed by atoms with Gasteiger partial charge in [-0.3, -0.25) is 0 Å². The number of allylic oxidation sites excluding steroid dienone is 1. The lowest BCUT2D eigenvalue weighted by atomic mass is 10.4. The van der Waals surface area contributed by atoms with Gasteiger partial charge in [0, 0.05) is 13.6 Å². The van der Waals surface area contributed by atoms with Crippen molar-refractivity contribution in [1.29, 1.82) is 0 Å². The van der Waals surface area contributed by atoms with Crippen molar-refractivity contribution >= 4 is 10.0 Å². The Morgan fingerprint density at radius 3 is 2.40 bits per heavy atom. The zero-order valence-electron chi connectivity index (χ0n) is 6.16. The highest BCUT2D eigenvalue weighted by Crippen LogP contribution is 2.22. The second-order valence-corrected chi connectivity index (χ2v) is 4.43. The average molecular weight is 161 g/mol. The van der Waals surface area contributed by atoms with Crippen molar-refractivity contribution in [3.8, 4) is 0 Å². The summed E-state index contributed by atoms with van der Waals surface area (Å²) in [6, 6.07) is 0. The van der Waals surface area contributed by atoms with Crippen LogP contribution in [0.15, 0.2) is 11.0 Å². The van der Waals surface area contributed by atoms with Crippen LogP contribution in [-0.2, 0) is 10.0 Å². The van der Waals surface area contributed by atoms with E-state index in [4.69, 9.17) is 0 Å². The smallest absolute Gasteiger partial charge is 0.207 e. The Labute approximate surface area is 61.4 Å². The van der Waals surface area contributed by atoms with Crippen LogP contribution in [0.4, 0.5) is 0 Å². The van der Waals surface area contributed by atoms with E-state index < -0.39 is 10.0 Å². The minimum Gasteiger partial charge on any atom is -0.207 e. The average Bonchev–Trinajstić information content (AvgIpc) is 2.10. The minimum atomic E-state index is -3.02. The third-order valence-electron chi connectivity index (χ3n) is 1.74. The van der Waals surface area contributed by atoms with E-state index in [0.29, 0.717) is 17.9 Å². The topological polar surface area (TPSA) is 37.4 Å². The van der Waals surface area contributed by atoms with Crippen LogP contribution in [0.1, 0.15) is 13.3 Å². The van der Waals surface area contributed by atoms with Crippen molar-refractivity contribution in [2.45, 2.75) is 13.3 Å². The first-order valence-electron chi connectivity index (χ1n) is 3.20. The first-order valence-corrected chi connectivity index (χ1v) is 4.64. The van der Waals surface area contributed by atoms with Crippen molar-refractivity contribution in [2.24, 2.45) is 0 Å². The highest BCUT2D eigenvalue weighted by molar-refractivity contribution is 7.93. The van der Waals surface area contributed by atoms with E-state index in [2.05, 4.69) is 0 Å². The molecule has 1 heterocycles. The highest BCUT2D eigenvalue weighted by Gasteiger charge is 2.29. The van der Waals surface area contributed by atoms with E-state index in [1.807, 2.05) is 0 Å². The molecule has 0 bridgehead atoms. The van der Waals surface area contributed by atoms with Crippen molar-refractivity contribution in [3.63, 3.8) is 0 Å². The van der Waals surface area contributed by atoms with E-state index in [1.165, 1.54) is 4.31 Å². The van der Waals surface area contributed by atoms with Crippen LogP contribution in [0.25, 0.3) is 0 Å². The molecule has 0 aromatic carbocycles. The molecule has 1 rings (SSSR count). The Bertz CT molecular complexity index is 253. The van der Waals surface area contributed by atoms with E-state index >= 15 is 0 Å². The summed E-state index contributed by atoms with van der Waals surface area (Å²) in [5.41, 5.74) is 0. The lowest BCUT2D eigenvalue weighted by Crippen LogP contribution is -2.19. The summed E-state index contributed by atoms with van der Waals surface area (Å²) < 4.78 is 23.7. The Morgan fingerprint density at radius 1 is 1.60 bits per heavy atom. The molecule has 0 saturated carbocycles. The molecule has 0 unspecified atom stereocenters. The van der Waals surface area contributed by atoms with Crippen LogP contribution in [0.2, 0.25) is 0 Å². The van der Waals surface area contributed by atoms with Gasteiger partial charge in [-0.15, -0.1) is 0 Å². The van der Waals surface area contributed by atoms with Gasteiger partial charge in [0.2, 0.25) is 10.0 Å². The normalized spacial score (nSPS) is 29.6. The fourth-order valence-corrected chi connectivity index (χ4v) is 2.39. The predicted molar refractivity (Wildman–Crippen MR) is 39.9 cm³/mol. The number of rotatable bonds is 0. The molecular weight excluding hydrogens is 150 g/mol. The molecule has 1 saturated heterocycles. The van der Waals surface area contributed by atoms with Gasteiger partial charge in [0.1, 0.15) is 0 Å². The van der Waals surface area contributed by atoms with Gasteiger partial charge < -0.3 is 0 Å². The van der Waals surface area contributed by atoms with Crippen LogP contribution >= 0.6 is 0 Å². The third-order valence-corrected chi connectivity index (χ3v) is 3.84. The van der Waals surface area contributed by atoms with Crippen molar-refractivity contribution < 1.29 is 8.42 Å². The van der Waals surface area contributed by atoms with E-state index in [0.717, 1.165) is 0 Å². The van der Waals surface area contributed by atoms with E-state index in [9.17, 15) is 8.42 Å². The zero-order chi connectivity index (χ0) is 7.78.